The number of benzene rings is 1. The molecule has 0 saturated heterocycles. The lowest BCUT2D eigenvalue weighted by molar-refractivity contribution is -0.156. The molecule has 0 unspecified atom stereocenters. The van der Waals surface area contributed by atoms with Gasteiger partial charge in [0, 0.05) is 0 Å². The Labute approximate surface area is 122 Å². The molecular formula is C14H18N2O5. The molecule has 0 aliphatic heterocycles. The Kier molecular flexibility index (Phi) is 6.19. The molecular weight excluding hydrogens is 276 g/mol. The third-order valence-electron chi connectivity index (χ3n) is 2.54. The zero-order valence-corrected chi connectivity index (χ0v) is 11.9. The summed E-state index contributed by atoms with van der Waals surface area (Å²) in [4.78, 5) is 34.0. The Morgan fingerprint density at radius 1 is 1.19 bits per heavy atom. The number of nitrogens with one attached hydrogen (secondary N) is 1. The fourth-order valence-corrected chi connectivity index (χ4v) is 1.34. The largest absolute Gasteiger partial charge is 0.484 e. The Morgan fingerprint density at radius 3 is 2.38 bits per heavy atom. The minimum atomic E-state index is -1.04. The molecule has 1 aromatic rings. The topological polar surface area (TPSA) is 108 Å². The number of para-hydroxylation sites is 1. The van der Waals surface area contributed by atoms with Crippen molar-refractivity contribution in [3.8, 4) is 5.75 Å². The molecule has 0 radical (unpaired) electrons. The first-order chi connectivity index (χ1) is 9.90. The first-order valence-corrected chi connectivity index (χ1v) is 6.37. The second-order valence-electron chi connectivity index (χ2n) is 4.37. The van der Waals surface area contributed by atoms with Crippen LogP contribution in [0.15, 0.2) is 30.3 Å². The van der Waals surface area contributed by atoms with E-state index in [9.17, 15) is 14.4 Å². The lowest BCUT2D eigenvalue weighted by Gasteiger charge is -2.16. The van der Waals surface area contributed by atoms with Gasteiger partial charge in [-0.2, -0.15) is 0 Å². The van der Waals surface area contributed by atoms with Gasteiger partial charge in [0.2, 0.25) is 0 Å². The van der Waals surface area contributed by atoms with Gasteiger partial charge in [0.15, 0.2) is 12.7 Å². The second kappa shape index (κ2) is 7.88. The normalized spacial score (nSPS) is 12.9. The molecule has 7 heteroatoms. The SMILES string of the molecule is C[C@H](NC(=O)COc1ccccc1)C(=O)O[C@@H](C)C(N)=O. The third-order valence-corrected chi connectivity index (χ3v) is 2.54. The van der Waals surface area contributed by atoms with Gasteiger partial charge in [-0.3, -0.25) is 9.59 Å². The maximum atomic E-state index is 11.6. The van der Waals surface area contributed by atoms with E-state index in [0.717, 1.165) is 0 Å². The van der Waals surface area contributed by atoms with E-state index in [1.54, 1.807) is 24.3 Å². The summed E-state index contributed by atoms with van der Waals surface area (Å²) in [6.45, 7) is 2.57. The Morgan fingerprint density at radius 2 is 1.81 bits per heavy atom. The molecule has 2 atom stereocenters. The summed E-state index contributed by atoms with van der Waals surface area (Å²) in [5.41, 5.74) is 4.97. The Balaban J connectivity index is 2.36. The highest BCUT2D eigenvalue weighted by molar-refractivity contribution is 5.87. The monoisotopic (exact) mass is 294 g/mol. The average molecular weight is 294 g/mol. The van der Waals surface area contributed by atoms with Crippen LogP contribution in [0, 0.1) is 0 Å². The number of hydrogen-bond acceptors (Lipinski definition) is 5. The van der Waals surface area contributed by atoms with Crippen molar-refractivity contribution in [2.24, 2.45) is 5.73 Å². The molecule has 21 heavy (non-hydrogen) atoms. The predicted octanol–water partition coefficient (Wildman–Crippen LogP) is -0.0129. The third kappa shape index (κ3) is 5.94. The van der Waals surface area contributed by atoms with Gasteiger partial charge in [-0.25, -0.2) is 4.79 Å². The van der Waals surface area contributed by atoms with E-state index in [-0.39, 0.29) is 6.61 Å². The van der Waals surface area contributed by atoms with Crippen LogP contribution in [0.2, 0.25) is 0 Å². The molecule has 3 N–H and O–H groups in total. The zero-order valence-electron chi connectivity index (χ0n) is 11.9. The van der Waals surface area contributed by atoms with Gasteiger partial charge >= 0.3 is 5.97 Å². The highest BCUT2D eigenvalue weighted by Crippen LogP contribution is 2.07. The van der Waals surface area contributed by atoms with Gasteiger partial charge in [0.1, 0.15) is 11.8 Å². The number of ether oxygens (including phenoxy) is 2. The Bertz CT molecular complexity index is 503. The smallest absolute Gasteiger partial charge is 0.329 e. The van der Waals surface area contributed by atoms with Crippen LogP contribution in [0.25, 0.3) is 0 Å². The van der Waals surface area contributed by atoms with Crippen LogP contribution in [0.5, 0.6) is 5.75 Å². The van der Waals surface area contributed by atoms with E-state index in [0.29, 0.717) is 5.75 Å². The van der Waals surface area contributed by atoms with Crippen molar-refractivity contribution in [1.29, 1.82) is 0 Å². The summed E-state index contributed by atoms with van der Waals surface area (Å²) in [6.07, 6.45) is -1.04. The molecule has 0 fully saturated rings. The van der Waals surface area contributed by atoms with Crippen molar-refractivity contribution in [3.05, 3.63) is 30.3 Å². The number of primary amides is 1. The molecule has 0 aliphatic rings. The summed E-state index contributed by atoms with van der Waals surface area (Å²) >= 11 is 0. The maximum absolute atomic E-state index is 11.6. The standard InChI is InChI=1S/C14H18N2O5/c1-9(14(19)21-10(2)13(15)18)16-12(17)8-20-11-6-4-3-5-7-11/h3-7,9-10H,8H2,1-2H3,(H2,15,18)(H,16,17)/t9-,10-/m0/s1. The van der Waals surface area contributed by atoms with Gasteiger partial charge in [-0.1, -0.05) is 18.2 Å². The summed E-state index contributed by atoms with van der Waals surface area (Å²) < 4.78 is 10.00. The number of hydrogen-bond donors (Lipinski definition) is 2. The van der Waals surface area contributed by atoms with Gasteiger partial charge in [0.05, 0.1) is 0 Å². The molecule has 114 valence electrons. The minimum Gasteiger partial charge on any atom is -0.484 e. The van der Waals surface area contributed by atoms with Crippen molar-refractivity contribution < 1.29 is 23.9 Å². The van der Waals surface area contributed by atoms with Gasteiger partial charge in [0.25, 0.3) is 11.8 Å². The molecule has 0 spiro atoms. The molecule has 0 aromatic heterocycles. The second-order valence-corrected chi connectivity index (χ2v) is 4.37. The lowest BCUT2D eigenvalue weighted by Crippen LogP contribution is -2.44. The Hall–Kier alpha value is -2.57. The minimum absolute atomic E-state index is 0.229. The molecule has 0 heterocycles. The highest BCUT2D eigenvalue weighted by Gasteiger charge is 2.21. The van der Waals surface area contributed by atoms with Gasteiger partial charge in [-0.15, -0.1) is 0 Å². The molecule has 0 bridgehead atoms. The van der Waals surface area contributed by atoms with E-state index >= 15 is 0 Å². The predicted molar refractivity (Wildman–Crippen MR) is 74.3 cm³/mol. The summed E-state index contributed by atoms with van der Waals surface area (Å²) in [6, 6.07) is 7.89. The quantitative estimate of drug-likeness (QED) is 0.687. The van der Waals surface area contributed by atoms with E-state index < -0.39 is 29.9 Å². The van der Waals surface area contributed by atoms with Crippen molar-refractivity contribution >= 4 is 17.8 Å². The zero-order chi connectivity index (χ0) is 15.8. The molecule has 2 amide bonds. The van der Waals surface area contributed by atoms with Crippen LogP contribution >= 0.6 is 0 Å². The van der Waals surface area contributed by atoms with Gasteiger partial charge in [-0.05, 0) is 26.0 Å². The maximum Gasteiger partial charge on any atom is 0.329 e. The number of nitrogens with two attached hydrogens (primary N) is 1. The average Bonchev–Trinajstić information content (AvgIpc) is 2.45. The van der Waals surface area contributed by atoms with Gasteiger partial charge < -0.3 is 20.5 Å². The highest BCUT2D eigenvalue weighted by atomic mass is 16.5. The fraction of sp³-hybridized carbons (Fsp3) is 0.357. The fourth-order valence-electron chi connectivity index (χ4n) is 1.34. The summed E-state index contributed by atoms with van der Waals surface area (Å²) in [5.74, 6) is -1.43. The van der Waals surface area contributed by atoms with E-state index in [1.165, 1.54) is 13.8 Å². The van der Waals surface area contributed by atoms with Crippen molar-refractivity contribution in [3.63, 3.8) is 0 Å². The molecule has 0 aliphatic carbocycles. The first-order valence-electron chi connectivity index (χ1n) is 6.37. The number of amides is 2. The number of carbonyl (C=O) groups excluding carboxylic acids is 3. The number of carbonyl (C=O) groups is 3. The van der Waals surface area contributed by atoms with Crippen LogP contribution in [0.3, 0.4) is 0 Å². The van der Waals surface area contributed by atoms with Crippen molar-refractivity contribution in [2.45, 2.75) is 26.0 Å². The molecule has 0 saturated carbocycles. The first kappa shape index (κ1) is 16.5. The van der Waals surface area contributed by atoms with Crippen LogP contribution in [-0.2, 0) is 19.1 Å². The summed E-state index contributed by atoms with van der Waals surface area (Å²) in [7, 11) is 0. The van der Waals surface area contributed by atoms with Crippen LogP contribution in [0.4, 0.5) is 0 Å². The number of rotatable bonds is 7. The van der Waals surface area contributed by atoms with Crippen LogP contribution in [0.1, 0.15) is 13.8 Å². The molecule has 1 rings (SSSR count). The van der Waals surface area contributed by atoms with E-state index in [1.807, 2.05) is 6.07 Å². The van der Waals surface area contributed by atoms with Crippen LogP contribution < -0.4 is 15.8 Å². The summed E-state index contributed by atoms with van der Waals surface area (Å²) in [5, 5.41) is 2.40. The van der Waals surface area contributed by atoms with E-state index in [4.69, 9.17) is 15.2 Å². The lowest BCUT2D eigenvalue weighted by atomic mass is 10.3. The molecule has 7 nitrogen and oxygen atoms in total. The van der Waals surface area contributed by atoms with Crippen LogP contribution in [-0.4, -0.2) is 36.5 Å². The van der Waals surface area contributed by atoms with Crippen molar-refractivity contribution in [2.75, 3.05) is 6.61 Å². The number of esters is 1. The van der Waals surface area contributed by atoms with E-state index in [2.05, 4.69) is 5.32 Å². The van der Waals surface area contributed by atoms with Crippen molar-refractivity contribution in [1.82, 2.24) is 5.32 Å². The molecule has 1 aromatic carbocycles.